The van der Waals surface area contributed by atoms with Crippen LogP contribution in [0.15, 0.2) is 12.1 Å². The second-order valence-corrected chi connectivity index (χ2v) is 7.07. The van der Waals surface area contributed by atoms with Gasteiger partial charge in [0.25, 0.3) is 0 Å². The second kappa shape index (κ2) is 6.08. The van der Waals surface area contributed by atoms with E-state index in [4.69, 9.17) is 4.74 Å². The van der Waals surface area contributed by atoms with Crippen LogP contribution in [0.4, 0.5) is 5.69 Å². The fraction of sp³-hybridized carbons (Fsp3) is 0.556. The van der Waals surface area contributed by atoms with E-state index in [-0.39, 0.29) is 11.9 Å². The number of nitrogens with one attached hydrogen (secondary N) is 1. The van der Waals surface area contributed by atoms with Crippen LogP contribution in [-0.4, -0.2) is 40.7 Å². The molecule has 2 aliphatic rings. The van der Waals surface area contributed by atoms with Gasteiger partial charge in [0.15, 0.2) is 0 Å². The van der Waals surface area contributed by atoms with Crippen LogP contribution in [-0.2, 0) is 4.79 Å². The third-order valence-electron chi connectivity index (χ3n) is 4.82. The van der Waals surface area contributed by atoms with Crippen molar-refractivity contribution >= 4 is 11.6 Å². The molecule has 6 heteroatoms. The highest BCUT2D eigenvalue weighted by atomic mass is 16.5. The summed E-state index contributed by atoms with van der Waals surface area (Å²) in [5.41, 5.74) is 0.885. The maximum absolute atomic E-state index is 11.4. The zero-order valence-corrected chi connectivity index (χ0v) is 14.3. The molecule has 3 rings (SSSR count). The van der Waals surface area contributed by atoms with E-state index in [0.717, 1.165) is 31.5 Å². The van der Waals surface area contributed by atoms with Gasteiger partial charge >= 0.3 is 0 Å². The number of nitrogens with zero attached hydrogens (tertiary/aromatic N) is 2. The van der Waals surface area contributed by atoms with E-state index >= 15 is 0 Å². The Hall–Kier alpha value is -2.10. The monoisotopic (exact) mass is 329 g/mol. The molecule has 0 aromatic heterocycles. The number of amides is 1. The molecule has 0 bridgehead atoms. The van der Waals surface area contributed by atoms with Gasteiger partial charge in [-0.3, -0.25) is 9.69 Å². The predicted molar refractivity (Wildman–Crippen MR) is 89.7 cm³/mol. The van der Waals surface area contributed by atoms with E-state index in [1.54, 1.807) is 12.1 Å². The summed E-state index contributed by atoms with van der Waals surface area (Å²) in [6.07, 6.45) is 1.52. The third kappa shape index (κ3) is 2.85. The fourth-order valence-electron chi connectivity index (χ4n) is 3.61. The Bertz CT molecular complexity index is 702. The first-order chi connectivity index (χ1) is 11.3. The largest absolute Gasteiger partial charge is 0.485 e. The van der Waals surface area contributed by atoms with Crippen LogP contribution in [0.3, 0.4) is 0 Å². The first kappa shape index (κ1) is 16.7. The number of carbonyl (C=O) groups is 1. The van der Waals surface area contributed by atoms with Gasteiger partial charge in [-0.1, -0.05) is 0 Å². The number of hydrogen-bond acceptors (Lipinski definition) is 5. The quantitative estimate of drug-likeness (QED) is 0.868. The number of anilines is 1. The van der Waals surface area contributed by atoms with Gasteiger partial charge < -0.3 is 15.2 Å². The Kier molecular flexibility index (Phi) is 4.24. The Morgan fingerprint density at radius 3 is 2.67 bits per heavy atom. The highest BCUT2D eigenvalue weighted by Crippen LogP contribution is 2.45. The molecule has 2 N–H and O–H groups in total. The second-order valence-electron chi connectivity index (χ2n) is 7.07. The van der Waals surface area contributed by atoms with E-state index in [1.165, 1.54) is 6.92 Å². The predicted octanol–water partition coefficient (Wildman–Crippen LogP) is 2.19. The first-order valence-corrected chi connectivity index (χ1v) is 8.30. The highest BCUT2D eigenvalue weighted by molar-refractivity contribution is 5.90. The Labute approximate surface area is 142 Å². The van der Waals surface area contributed by atoms with E-state index < -0.39 is 11.7 Å². The van der Waals surface area contributed by atoms with Crippen molar-refractivity contribution in [1.29, 1.82) is 5.26 Å². The summed E-state index contributed by atoms with van der Waals surface area (Å²) in [7, 11) is 0. The molecular formula is C18H23N3O3. The number of likely N-dealkylation sites (tertiary alicyclic amines) is 1. The van der Waals surface area contributed by atoms with E-state index in [9.17, 15) is 15.2 Å². The zero-order valence-electron chi connectivity index (χ0n) is 14.3. The molecule has 0 aliphatic carbocycles. The number of hydrogen-bond donors (Lipinski definition) is 2. The maximum atomic E-state index is 11.4. The van der Waals surface area contributed by atoms with Crippen LogP contribution in [0.5, 0.6) is 5.75 Å². The summed E-state index contributed by atoms with van der Waals surface area (Å²) in [6, 6.07) is 5.36. The summed E-state index contributed by atoms with van der Waals surface area (Å²) in [5, 5.41) is 23.0. The molecule has 1 aromatic rings. The van der Waals surface area contributed by atoms with Crippen molar-refractivity contribution in [3.63, 3.8) is 0 Å². The van der Waals surface area contributed by atoms with Crippen LogP contribution < -0.4 is 10.1 Å². The standard InChI is InChI=1S/C18H23N3O3/c1-11(22)20-14-9-15-13(8-12(14)10-19)16(21-6-4-5-7-21)17(23)18(2,3)24-15/h8-9,16-17,23H,4-7H2,1-3H3,(H,20,22)/t16-,17+/m0/s1. The average molecular weight is 329 g/mol. The van der Waals surface area contributed by atoms with Crippen molar-refractivity contribution in [3.8, 4) is 11.8 Å². The van der Waals surface area contributed by atoms with Gasteiger partial charge in [0.05, 0.1) is 17.3 Å². The molecule has 2 aliphatic heterocycles. The lowest BCUT2D eigenvalue weighted by Crippen LogP contribution is -2.53. The van der Waals surface area contributed by atoms with E-state index in [2.05, 4.69) is 16.3 Å². The number of nitriles is 1. The number of carbonyl (C=O) groups excluding carboxylic acids is 1. The van der Waals surface area contributed by atoms with Crippen LogP contribution in [0.2, 0.25) is 0 Å². The molecule has 0 radical (unpaired) electrons. The lowest BCUT2D eigenvalue weighted by atomic mass is 9.84. The average Bonchev–Trinajstić information content (AvgIpc) is 3.01. The summed E-state index contributed by atoms with van der Waals surface area (Å²) in [4.78, 5) is 13.6. The molecule has 1 amide bonds. The first-order valence-electron chi connectivity index (χ1n) is 8.30. The molecule has 6 nitrogen and oxygen atoms in total. The molecule has 128 valence electrons. The van der Waals surface area contributed by atoms with Crippen LogP contribution in [0.25, 0.3) is 0 Å². The van der Waals surface area contributed by atoms with Crippen molar-refractivity contribution in [3.05, 3.63) is 23.3 Å². The number of aliphatic hydroxyl groups is 1. The summed E-state index contributed by atoms with van der Waals surface area (Å²) >= 11 is 0. The topological polar surface area (TPSA) is 85.6 Å². The highest BCUT2D eigenvalue weighted by Gasteiger charge is 2.46. The number of ether oxygens (including phenoxy) is 1. The lowest BCUT2D eigenvalue weighted by Gasteiger charge is -2.45. The van der Waals surface area contributed by atoms with E-state index in [0.29, 0.717) is 17.0 Å². The molecule has 0 unspecified atom stereocenters. The van der Waals surface area contributed by atoms with Crippen LogP contribution in [0, 0.1) is 11.3 Å². The molecule has 2 atom stereocenters. The van der Waals surface area contributed by atoms with Crippen LogP contribution in [0.1, 0.15) is 50.8 Å². The van der Waals surface area contributed by atoms with Gasteiger partial charge in [-0.25, -0.2) is 0 Å². The van der Waals surface area contributed by atoms with Crippen molar-refractivity contribution in [2.75, 3.05) is 18.4 Å². The minimum atomic E-state index is -0.748. The maximum Gasteiger partial charge on any atom is 0.221 e. The molecule has 1 fully saturated rings. The smallest absolute Gasteiger partial charge is 0.221 e. The Morgan fingerprint density at radius 1 is 1.42 bits per heavy atom. The van der Waals surface area contributed by atoms with Gasteiger partial charge in [-0.2, -0.15) is 5.26 Å². The van der Waals surface area contributed by atoms with Gasteiger partial charge in [0.2, 0.25) is 5.91 Å². The fourth-order valence-corrected chi connectivity index (χ4v) is 3.61. The minimum absolute atomic E-state index is 0.204. The van der Waals surface area contributed by atoms with Gasteiger partial charge in [0, 0.05) is 18.6 Å². The zero-order chi connectivity index (χ0) is 17.5. The summed E-state index contributed by atoms with van der Waals surface area (Å²) in [5.74, 6) is 0.377. The number of rotatable bonds is 2. The molecular weight excluding hydrogens is 306 g/mol. The number of fused-ring (bicyclic) bond motifs is 1. The van der Waals surface area contributed by atoms with Crippen molar-refractivity contribution < 1.29 is 14.6 Å². The number of aliphatic hydroxyl groups excluding tert-OH is 1. The van der Waals surface area contributed by atoms with Gasteiger partial charge in [-0.15, -0.1) is 0 Å². The van der Waals surface area contributed by atoms with Crippen molar-refractivity contribution in [2.24, 2.45) is 0 Å². The third-order valence-corrected chi connectivity index (χ3v) is 4.82. The van der Waals surface area contributed by atoms with Gasteiger partial charge in [-0.05, 0) is 45.8 Å². The SMILES string of the molecule is CC(=O)Nc1cc2c(cc1C#N)[C@H](N1CCCC1)[C@@H](O)C(C)(C)O2. The Balaban J connectivity index is 2.11. The molecule has 0 saturated carbocycles. The van der Waals surface area contributed by atoms with Crippen LogP contribution >= 0.6 is 0 Å². The lowest BCUT2D eigenvalue weighted by molar-refractivity contribution is -0.114. The Morgan fingerprint density at radius 2 is 2.08 bits per heavy atom. The number of benzene rings is 1. The molecule has 1 saturated heterocycles. The van der Waals surface area contributed by atoms with Gasteiger partial charge in [0.1, 0.15) is 23.5 Å². The summed E-state index contributed by atoms with van der Waals surface area (Å²) < 4.78 is 6.01. The van der Waals surface area contributed by atoms with E-state index in [1.807, 2.05) is 13.8 Å². The molecule has 2 heterocycles. The van der Waals surface area contributed by atoms with Crippen molar-refractivity contribution in [1.82, 2.24) is 4.90 Å². The normalized spacial score (nSPS) is 25.5. The summed E-state index contributed by atoms with van der Waals surface area (Å²) in [6.45, 7) is 6.97. The minimum Gasteiger partial charge on any atom is -0.485 e. The molecule has 0 spiro atoms. The molecule has 1 aromatic carbocycles. The van der Waals surface area contributed by atoms with Crippen molar-refractivity contribution in [2.45, 2.75) is 51.4 Å². The molecule has 24 heavy (non-hydrogen) atoms.